The molecule has 0 radical (unpaired) electrons. The molecule has 26 heavy (non-hydrogen) atoms. The van der Waals surface area contributed by atoms with Crippen LogP contribution in [-0.4, -0.2) is 22.4 Å². The Morgan fingerprint density at radius 3 is 2.50 bits per heavy atom. The molecule has 4 amide bonds. The average Bonchev–Trinajstić information content (AvgIpc) is 2.92. The van der Waals surface area contributed by atoms with Gasteiger partial charge < -0.3 is 4.57 Å². The van der Waals surface area contributed by atoms with Gasteiger partial charge in [-0.2, -0.15) is 0 Å². The number of rotatable bonds is 3. The Bertz CT molecular complexity index is 943. The quantitative estimate of drug-likeness (QED) is 0.611. The molecule has 0 atom stereocenters. The number of urea groups is 1. The first-order valence-corrected chi connectivity index (χ1v) is 8.92. The Kier molecular flexibility index (Phi) is 4.82. The van der Waals surface area contributed by atoms with E-state index in [9.17, 15) is 14.4 Å². The van der Waals surface area contributed by atoms with Crippen molar-refractivity contribution in [1.82, 2.24) is 9.88 Å². The van der Waals surface area contributed by atoms with Crippen molar-refractivity contribution >= 4 is 45.5 Å². The molecule has 1 N–H and O–H groups in total. The molecular weight excluding hydrogens is 398 g/mol. The predicted molar refractivity (Wildman–Crippen MR) is 103 cm³/mol. The first kappa shape index (κ1) is 18.1. The molecule has 0 spiro atoms. The zero-order chi connectivity index (χ0) is 19.0. The van der Waals surface area contributed by atoms with Gasteiger partial charge in [-0.15, -0.1) is 0 Å². The summed E-state index contributed by atoms with van der Waals surface area (Å²) in [5, 5.41) is 2.23. The summed E-state index contributed by atoms with van der Waals surface area (Å²) >= 11 is 3.32. The predicted octanol–water partition coefficient (Wildman–Crippen LogP) is 3.81. The Balaban J connectivity index is 2.01. The second-order valence-electron chi connectivity index (χ2n) is 6.35. The fourth-order valence-corrected chi connectivity index (χ4v) is 3.31. The maximum absolute atomic E-state index is 12.8. The standard InChI is InChI=1S/C19H18BrN3O3/c1-11(2)22-10-13(7-12(22)3)8-16-17(24)21-19(26)23(18(16)25)15-6-4-5-14(20)9-15/h4-11H,1-3H3,(H,21,24,26)/b16-8-. The molecule has 1 fully saturated rings. The number of hydrogen-bond donors (Lipinski definition) is 1. The Labute approximate surface area is 159 Å². The van der Waals surface area contributed by atoms with E-state index in [-0.39, 0.29) is 11.6 Å². The fourth-order valence-electron chi connectivity index (χ4n) is 2.92. The van der Waals surface area contributed by atoms with Crippen LogP contribution in [0.15, 0.2) is 46.6 Å². The van der Waals surface area contributed by atoms with Gasteiger partial charge in [-0.25, -0.2) is 9.69 Å². The van der Waals surface area contributed by atoms with Gasteiger partial charge in [0.05, 0.1) is 5.69 Å². The van der Waals surface area contributed by atoms with E-state index in [1.807, 2.05) is 19.2 Å². The number of carbonyl (C=O) groups excluding carboxylic acids is 3. The maximum Gasteiger partial charge on any atom is 0.335 e. The van der Waals surface area contributed by atoms with Gasteiger partial charge in [-0.05, 0) is 56.7 Å². The van der Waals surface area contributed by atoms with Gasteiger partial charge in [0.2, 0.25) is 0 Å². The number of nitrogens with zero attached hydrogens (tertiary/aromatic N) is 2. The number of hydrogen-bond acceptors (Lipinski definition) is 3. The van der Waals surface area contributed by atoms with Crippen LogP contribution in [0.1, 0.15) is 31.1 Å². The summed E-state index contributed by atoms with van der Waals surface area (Å²) in [6, 6.07) is 8.18. The maximum atomic E-state index is 12.8. The second kappa shape index (κ2) is 6.92. The Hall–Kier alpha value is -2.67. The minimum absolute atomic E-state index is 0.0783. The number of imide groups is 2. The molecule has 2 aromatic rings. The molecule has 7 heteroatoms. The van der Waals surface area contributed by atoms with Gasteiger partial charge in [-0.3, -0.25) is 14.9 Å². The van der Waals surface area contributed by atoms with Crippen LogP contribution in [0.5, 0.6) is 0 Å². The smallest absolute Gasteiger partial charge is 0.335 e. The number of anilines is 1. The lowest BCUT2D eigenvalue weighted by Gasteiger charge is -2.26. The van der Waals surface area contributed by atoms with Crippen LogP contribution < -0.4 is 10.2 Å². The molecule has 1 aromatic carbocycles. The average molecular weight is 416 g/mol. The molecule has 0 aliphatic carbocycles. The van der Waals surface area contributed by atoms with E-state index in [0.29, 0.717) is 5.69 Å². The lowest BCUT2D eigenvalue weighted by atomic mass is 10.1. The van der Waals surface area contributed by atoms with E-state index < -0.39 is 17.8 Å². The number of benzene rings is 1. The number of aryl methyl sites for hydroxylation is 1. The monoisotopic (exact) mass is 415 g/mol. The van der Waals surface area contributed by atoms with Gasteiger partial charge in [0.25, 0.3) is 11.8 Å². The number of halogens is 1. The highest BCUT2D eigenvalue weighted by atomic mass is 79.9. The largest absolute Gasteiger partial charge is 0.349 e. The van der Waals surface area contributed by atoms with Crippen molar-refractivity contribution < 1.29 is 14.4 Å². The number of nitrogens with one attached hydrogen (secondary N) is 1. The summed E-state index contributed by atoms with van der Waals surface area (Å²) in [6.45, 7) is 6.06. The lowest BCUT2D eigenvalue weighted by molar-refractivity contribution is -0.122. The molecular formula is C19H18BrN3O3. The van der Waals surface area contributed by atoms with Crippen molar-refractivity contribution in [1.29, 1.82) is 0 Å². The van der Waals surface area contributed by atoms with Gasteiger partial charge in [0.1, 0.15) is 5.57 Å². The second-order valence-corrected chi connectivity index (χ2v) is 7.27. The number of aromatic nitrogens is 1. The number of carbonyl (C=O) groups is 3. The van der Waals surface area contributed by atoms with E-state index in [1.165, 1.54) is 6.08 Å². The highest BCUT2D eigenvalue weighted by Gasteiger charge is 2.36. The molecule has 134 valence electrons. The molecule has 0 saturated carbocycles. The summed E-state index contributed by atoms with van der Waals surface area (Å²) in [5.74, 6) is -1.34. The lowest BCUT2D eigenvalue weighted by Crippen LogP contribution is -2.54. The van der Waals surface area contributed by atoms with Crippen LogP contribution in [0.2, 0.25) is 0 Å². The molecule has 2 heterocycles. The van der Waals surface area contributed by atoms with Gasteiger partial charge in [0, 0.05) is 22.4 Å². The van der Waals surface area contributed by atoms with Gasteiger partial charge >= 0.3 is 6.03 Å². The van der Waals surface area contributed by atoms with E-state index >= 15 is 0 Å². The van der Waals surface area contributed by atoms with Crippen molar-refractivity contribution in [2.45, 2.75) is 26.8 Å². The van der Waals surface area contributed by atoms with Crippen LogP contribution in [0.25, 0.3) is 6.08 Å². The molecule has 0 bridgehead atoms. The molecule has 1 aromatic heterocycles. The van der Waals surface area contributed by atoms with Crippen LogP contribution in [-0.2, 0) is 9.59 Å². The SMILES string of the molecule is Cc1cc(/C=C2/C(=O)NC(=O)N(c3cccc(Br)c3)C2=O)cn1C(C)C. The Morgan fingerprint density at radius 2 is 1.88 bits per heavy atom. The van der Waals surface area contributed by atoms with Crippen molar-refractivity contribution in [2.24, 2.45) is 0 Å². The van der Waals surface area contributed by atoms with E-state index in [2.05, 4.69) is 39.7 Å². The summed E-state index contributed by atoms with van der Waals surface area (Å²) in [6.07, 6.45) is 3.40. The highest BCUT2D eigenvalue weighted by Crippen LogP contribution is 2.25. The van der Waals surface area contributed by atoms with E-state index in [0.717, 1.165) is 20.6 Å². The Morgan fingerprint density at radius 1 is 1.15 bits per heavy atom. The minimum atomic E-state index is -0.758. The summed E-state index contributed by atoms with van der Waals surface area (Å²) in [4.78, 5) is 38.2. The summed E-state index contributed by atoms with van der Waals surface area (Å²) in [7, 11) is 0. The zero-order valence-corrected chi connectivity index (χ0v) is 16.2. The third-order valence-electron chi connectivity index (χ3n) is 4.11. The highest BCUT2D eigenvalue weighted by molar-refractivity contribution is 9.10. The van der Waals surface area contributed by atoms with Crippen LogP contribution >= 0.6 is 15.9 Å². The van der Waals surface area contributed by atoms with Gasteiger partial charge in [0.15, 0.2) is 0 Å². The summed E-state index contributed by atoms with van der Waals surface area (Å²) < 4.78 is 2.78. The molecule has 3 rings (SSSR count). The zero-order valence-electron chi connectivity index (χ0n) is 14.6. The number of amides is 4. The van der Waals surface area contributed by atoms with Crippen molar-refractivity contribution in [3.63, 3.8) is 0 Å². The first-order valence-electron chi connectivity index (χ1n) is 8.13. The van der Waals surface area contributed by atoms with Crippen molar-refractivity contribution in [3.8, 4) is 0 Å². The van der Waals surface area contributed by atoms with Crippen molar-refractivity contribution in [2.75, 3.05) is 4.90 Å². The third kappa shape index (κ3) is 3.35. The molecule has 6 nitrogen and oxygen atoms in total. The molecule has 1 aliphatic rings. The van der Waals surface area contributed by atoms with E-state index in [4.69, 9.17) is 0 Å². The molecule has 1 saturated heterocycles. The topological polar surface area (TPSA) is 71.4 Å². The van der Waals surface area contributed by atoms with Crippen LogP contribution in [0.3, 0.4) is 0 Å². The minimum Gasteiger partial charge on any atom is -0.349 e. The van der Waals surface area contributed by atoms with E-state index in [1.54, 1.807) is 24.3 Å². The van der Waals surface area contributed by atoms with Crippen LogP contribution in [0, 0.1) is 6.92 Å². The summed E-state index contributed by atoms with van der Waals surface area (Å²) in [5.41, 5.74) is 2.07. The molecule has 1 aliphatic heterocycles. The van der Waals surface area contributed by atoms with Crippen LogP contribution in [0.4, 0.5) is 10.5 Å². The third-order valence-corrected chi connectivity index (χ3v) is 4.60. The number of barbiturate groups is 1. The molecule has 0 unspecified atom stereocenters. The normalized spacial score (nSPS) is 16.6. The van der Waals surface area contributed by atoms with Crippen molar-refractivity contribution in [3.05, 3.63) is 57.8 Å². The first-order chi connectivity index (χ1) is 12.3. The van der Waals surface area contributed by atoms with Gasteiger partial charge in [-0.1, -0.05) is 22.0 Å². The fraction of sp³-hybridized carbons (Fsp3) is 0.211.